The first-order valence-corrected chi connectivity index (χ1v) is 8.25. The van der Waals surface area contributed by atoms with E-state index in [4.69, 9.17) is 16.3 Å². The summed E-state index contributed by atoms with van der Waals surface area (Å²) >= 11 is 5.95. The quantitative estimate of drug-likeness (QED) is 0.885. The third-order valence-corrected chi connectivity index (χ3v) is 4.19. The number of aryl methyl sites for hydroxylation is 1. The minimum absolute atomic E-state index is 0.0185. The van der Waals surface area contributed by atoms with E-state index in [2.05, 4.69) is 20.8 Å². The molecule has 1 aliphatic heterocycles. The van der Waals surface area contributed by atoms with Crippen LogP contribution in [0, 0.1) is 12.8 Å². The molecule has 0 atom stereocenters. The molecule has 3 rings (SSSR count). The van der Waals surface area contributed by atoms with Crippen molar-refractivity contribution >= 4 is 34.8 Å². The Morgan fingerprint density at radius 3 is 2.54 bits per heavy atom. The van der Waals surface area contributed by atoms with Crippen LogP contribution < -0.4 is 10.6 Å². The summed E-state index contributed by atoms with van der Waals surface area (Å²) in [5.41, 5.74) is 1.92. The second kappa shape index (κ2) is 7.59. The summed E-state index contributed by atoms with van der Waals surface area (Å²) in [6, 6.07) is 9.09. The maximum Gasteiger partial charge on any atom is 0.228 e. The number of amides is 1. The molecule has 2 aromatic rings. The Morgan fingerprint density at radius 2 is 1.88 bits per heavy atom. The van der Waals surface area contributed by atoms with E-state index in [0.29, 0.717) is 29.9 Å². The second-order valence-corrected chi connectivity index (χ2v) is 6.20. The van der Waals surface area contributed by atoms with Crippen LogP contribution in [0.1, 0.15) is 18.4 Å². The summed E-state index contributed by atoms with van der Waals surface area (Å²) < 4.78 is 5.26. The molecule has 1 amide bonds. The molecule has 6 nitrogen and oxygen atoms in total. The van der Waals surface area contributed by atoms with E-state index in [-0.39, 0.29) is 11.8 Å². The molecule has 0 radical (unpaired) electrons. The van der Waals surface area contributed by atoms with Crippen molar-refractivity contribution in [1.82, 2.24) is 10.2 Å². The van der Waals surface area contributed by atoms with E-state index in [9.17, 15) is 4.79 Å². The van der Waals surface area contributed by atoms with E-state index in [0.717, 1.165) is 24.1 Å². The van der Waals surface area contributed by atoms with E-state index in [1.165, 1.54) is 0 Å². The molecule has 1 aromatic heterocycles. The molecular formula is C17H19ClN4O2. The van der Waals surface area contributed by atoms with Crippen LogP contribution in [0.15, 0.2) is 30.3 Å². The molecule has 1 fully saturated rings. The Kier molecular flexibility index (Phi) is 5.27. The van der Waals surface area contributed by atoms with Gasteiger partial charge in [-0.1, -0.05) is 11.6 Å². The van der Waals surface area contributed by atoms with Gasteiger partial charge in [0.05, 0.1) is 0 Å². The van der Waals surface area contributed by atoms with Crippen molar-refractivity contribution in [2.24, 2.45) is 5.92 Å². The monoisotopic (exact) mass is 346 g/mol. The maximum absolute atomic E-state index is 12.2. The number of nitrogens with zero attached hydrogens (tertiary/aromatic N) is 2. The Hall–Kier alpha value is -2.18. The molecule has 24 heavy (non-hydrogen) atoms. The number of aromatic nitrogens is 2. The fourth-order valence-electron chi connectivity index (χ4n) is 2.56. The highest BCUT2D eigenvalue weighted by Crippen LogP contribution is 2.23. The van der Waals surface area contributed by atoms with Crippen molar-refractivity contribution in [2.45, 2.75) is 19.8 Å². The smallest absolute Gasteiger partial charge is 0.228 e. The van der Waals surface area contributed by atoms with Crippen LogP contribution in [-0.2, 0) is 9.53 Å². The summed E-state index contributed by atoms with van der Waals surface area (Å²) in [4.78, 5) is 12.2. The average molecular weight is 347 g/mol. The minimum atomic E-state index is -0.0261. The van der Waals surface area contributed by atoms with Gasteiger partial charge in [0, 0.05) is 29.8 Å². The Morgan fingerprint density at radius 1 is 1.17 bits per heavy atom. The Bertz CT molecular complexity index is 715. The number of benzene rings is 1. The van der Waals surface area contributed by atoms with Crippen molar-refractivity contribution in [1.29, 1.82) is 0 Å². The number of hydrogen-bond acceptors (Lipinski definition) is 5. The largest absolute Gasteiger partial charge is 0.381 e. The molecule has 2 heterocycles. The van der Waals surface area contributed by atoms with Crippen molar-refractivity contribution < 1.29 is 9.53 Å². The number of nitrogens with one attached hydrogen (secondary N) is 2. The van der Waals surface area contributed by atoms with Gasteiger partial charge in [0.1, 0.15) is 0 Å². The van der Waals surface area contributed by atoms with Crippen LogP contribution in [0.3, 0.4) is 0 Å². The number of anilines is 3. The van der Waals surface area contributed by atoms with Gasteiger partial charge >= 0.3 is 0 Å². The summed E-state index contributed by atoms with van der Waals surface area (Å²) in [5.74, 6) is 1.01. The van der Waals surface area contributed by atoms with Gasteiger partial charge in [-0.2, -0.15) is 0 Å². The van der Waals surface area contributed by atoms with Gasteiger partial charge in [0.15, 0.2) is 11.6 Å². The first-order valence-electron chi connectivity index (χ1n) is 7.87. The van der Waals surface area contributed by atoms with Crippen molar-refractivity contribution in [3.63, 3.8) is 0 Å². The van der Waals surface area contributed by atoms with Crippen molar-refractivity contribution in [2.75, 3.05) is 23.8 Å². The zero-order valence-electron chi connectivity index (χ0n) is 13.4. The third kappa shape index (κ3) is 4.21. The van der Waals surface area contributed by atoms with Gasteiger partial charge in [-0.05, 0) is 55.7 Å². The molecule has 2 N–H and O–H groups in total. The van der Waals surface area contributed by atoms with Crippen LogP contribution >= 0.6 is 11.6 Å². The molecule has 0 aliphatic carbocycles. The summed E-state index contributed by atoms with van der Waals surface area (Å²) in [5, 5.41) is 14.8. The lowest BCUT2D eigenvalue weighted by Crippen LogP contribution is -2.28. The molecule has 1 aliphatic rings. The lowest BCUT2D eigenvalue weighted by Gasteiger charge is -2.20. The van der Waals surface area contributed by atoms with Gasteiger partial charge in [-0.3, -0.25) is 4.79 Å². The van der Waals surface area contributed by atoms with Gasteiger partial charge in [0.25, 0.3) is 0 Å². The minimum Gasteiger partial charge on any atom is -0.381 e. The Labute approximate surface area is 145 Å². The van der Waals surface area contributed by atoms with Gasteiger partial charge in [-0.25, -0.2) is 0 Å². The molecule has 0 saturated carbocycles. The van der Waals surface area contributed by atoms with E-state index in [1.807, 2.05) is 25.1 Å². The molecule has 0 spiro atoms. The Balaban J connectivity index is 1.61. The lowest BCUT2D eigenvalue weighted by atomic mass is 9.99. The molecule has 7 heteroatoms. The van der Waals surface area contributed by atoms with Crippen LogP contribution in [-0.4, -0.2) is 29.3 Å². The van der Waals surface area contributed by atoms with E-state index in [1.54, 1.807) is 12.1 Å². The highest BCUT2D eigenvalue weighted by atomic mass is 35.5. The number of rotatable bonds is 4. The van der Waals surface area contributed by atoms with Crippen molar-refractivity contribution in [3.05, 3.63) is 40.9 Å². The van der Waals surface area contributed by atoms with Crippen LogP contribution in [0.4, 0.5) is 17.3 Å². The SMILES string of the molecule is Cc1cc(Cl)ccc1Nc1ccc(NC(=O)C2CCOCC2)nn1. The first kappa shape index (κ1) is 16.7. The topological polar surface area (TPSA) is 76.1 Å². The highest BCUT2D eigenvalue weighted by Gasteiger charge is 2.21. The van der Waals surface area contributed by atoms with Crippen LogP contribution in [0.5, 0.6) is 0 Å². The maximum atomic E-state index is 12.2. The lowest BCUT2D eigenvalue weighted by molar-refractivity contribution is -0.122. The number of halogens is 1. The summed E-state index contributed by atoms with van der Waals surface area (Å²) in [6.07, 6.45) is 1.49. The summed E-state index contributed by atoms with van der Waals surface area (Å²) in [7, 11) is 0. The first-order chi connectivity index (χ1) is 11.6. The van der Waals surface area contributed by atoms with Gasteiger partial charge < -0.3 is 15.4 Å². The summed E-state index contributed by atoms with van der Waals surface area (Å²) in [6.45, 7) is 3.23. The average Bonchev–Trinajstić information content (AvgIpc) is 2.60. The standard InChI is InChI=1S/C17H19ClN4O2/c1-11-10-13(18)2-3-14(11)19-15-4-5-16(22-21-15)20-17(23)12-6-8-24-9-7-12/h2-5,10,12H,6-9H2,1H3,(H,19,21)(H,20,22,23). The molecule has 0 unspecified atom stereocenters. The molecule has 0 bridgehead atoms. The fraction of sp³-hybridized carbons (Fsp3) is 0.353. The van der Waals surface area contributed by atoms with E-state index >= 15 is 0 Å². The van der Waals surface area contributed by atoms with Gasteiger partial charge in [0.2, 0.25) is 5.91 Å². The zero-order valence-corrected chi connectivity index (χ0v) is 14.1. The normalized spacial score (nSPS) is 15.1. The second-order valence-electron chi connectivity index (χ2n) is 5.76. The predicted molar refractivity (Wildman–Crippen MR) is 93.7 cm³/mol. The number of hydrogen-bond donors (Lipinski definition) is 2. The molecule has 1 aromatic carbocycles. The van der Waals surface area contributed by atoms with Crippen LogP contribution in [0.25, 0.3) is 0 Å². The highest BCUT2D eigenvalue weighted by molar-refractivity contribution is 6.30. The van der Waals surface area contributed by atoms with E-state index < -0.39 is 0 Å². The molecular weight excluding hydrogens is 328 g/mol. The number of carbonyl (C=O) groups is 1. The fourth-order valence-corrected chi connectivity index (χ4v) is 2.79. The predicted octanol–water partition coefficient (Wildman–Crippen LogP) is 3.55. The number of carbonyl (C=O) groups excluding carboxylic acids is 1. The van der Waals surface area contributed by atoms with Crippen molar-refractivity contribution in [3.8, 4) is 0 Å². The molecule has 1 saturated heterocycles. The van der Waals surface area contributed by atoms with Gasteiger partial charge in [-0.15, -0.1) is 10.2 Å². The third-order valence-electron chi connectivity index (χ3n) is 3.96. The zero-order chi connectivity index (χ0) is 16.9. The number of ether oxygens (including phenoxy) is 1. The van der Waals surface area contributed by atoms with Crippen LogP contribution in [0.2, 0.25) is 5.02 Å². The molecule has 126 valence electrons.